The number of nitrogens with one attached hydrogen (secondary N) is 2. The zero-order valence-electron chi connectivity index (χ0n) is 8.29. The van der Waals surface area contributed by atoms with E-state index in [-0.39, 0.29) is 11.9 Å². The monoisotopic (exact) mass is 198 g/mol. The van der Waals surface area contributed by atoms with Crippen LogP contribution in [-0.2, 0) is 14.3 Å². The SMILES string of the molecule is CCOC(=O)C=C(C)NC1CNC1=O. The van der Waals surface area contributed by atoms with E-state index in [0.717, 1.165) is 0 Å². The number of hydrogen-bond acceptors (Lipinski definition) is 4. The maximum Gasteiger partial charge on any atom is 0.332 e. The molecular weight excluding hydrogens is 184 g/mol. The van der Waals surface area contributed by atoms with Crippen LogP contribution in [-0.4, -0.2) is 31.1 Å². The summed E-state index contributed by atoms with van der Waals surface area (Å²) in [7, 11) is 0. The van der Waals surface area contributed by atoms with Crippen LogP contribution >= 0.6 is 0 Å². The Labute approximate surface area is 82.5 Å². The number of allylic oxidation sites excluding steroid dienone is 1. The van der Waals surface area contributed by atoms with E-state index in [9.17, 15) is 9.59 Å². The van der Waals surface area contributed by atoms with Gasteiger partial charge in [0.2, 0.25) is 5.91 Å². The first-order chi connectivity index (χ1) is 6.63. The van der Waals surface area contributed by atoms with Crippen LogP contribution in [0.5, 0.6) is 0 Å². The van der Waals surface area contributed by atoms with Gasteiger partial charge >= 0.3 is 5.97 Å². The Kier molecular flexibility index (Phi) is 3.50. The van der Waals surface area contributed by atoms with Crippen LogP contribution in [0.1, 0.15) is 13.8 Å². The lowest BCUT2D eigenvalue weighted by Gasteiger charge is -2.27. The summed E-state index contributed by atoms with van der Waals surface area (Å²) in [6.45, 7) is 4.43. The highest BCUT2D eigenvalue weighted by atomic mass is 16.5. The topological polar surface area (TPSA) is 67.4 Å². The van der Waals surface area contributed by atoms with E-state index in [2.05, 4.69) is 10.6 Å². The summed E-state index contributed by atoms with van der Waals surface area (Å²) in [5, 5.41) is 5.50. The van der Waals surface area contributed by atoms with Gasteiger partial charge < -0.3 is 15.4 Å². The molecule has 1 atom stereocenters. The molecule has 1 aliphatic heterocycles. The van der Waals surface area contributed by atoms with Crippen molar-refractivity contribution < 1.29 is 14.3 Å². The second-order valence-electron chi connectivity index (χ2n) is 3.02. The van der Waals surface area contributed by atoms with Gasteiger partial charge in [0.1, 0.15) is 6.04 Å². The summed E-state index contributed by atoms with van der Waals surface area (Å²) < 4.78 is 4.72. The van der Waals surface area contributed by atoms with Crippen molar-refractivity contribution in [2.45, 2.75) is 19.9 Å². The number of hydrogen-bond donors (Lipinski definition) is 2. The Morgan fingerprint density at radius 1 is 1.79 bits per heavy atom. The third-order valence-electron chi connectivity index (χ3n) is 1.82. The predicted molar refractivity (Wildman–Crippen MR) is 50.3 cm³/mol. The molecule has 5 nitrogen and oxygen atoms in total. The average Bonchev–Trinajstić information content (AvgIpc) is 2.12. The van der Waals surface area contributed by atoms with Crippen molar-refractivity contribution in [1.29, 1.82) is 0 Å². The minimum atomic E-state index is -0.391. The Balaban J connectivity index is 2.36. The van der Waals surface area contributed by atoms with Crippen LogP contribution in [0, 0.1) is 0 Å². The number of esters is 1. The molecule has 0 aromatic rings. The number of carbonyl (C=O) groups excluding carboxylic acids is 2. The van der Waals surface area contributed by atoms with Gasteiger partial charge in [0.15, 0.2) is 0 Å². The van der Waals surface area contributed by atoms with Crippen LogP contribution in [0.25, 0.3) is 0 Å². The standard InChI is InChI=1S/C9H14N2O3/c1-3-14-8(12)4-6(2)11-7-5-10-9(7)13/h4,7,11H,3,5H2,1-2H3,(H,10,13). The zero-order chi connectivity index (χ0) is 10.6. The van der Waals surface area contributed by atoms with E-state index < -0.39 is 5.97 Å². The zero-order valence-corrected chi connectivity index (χ0v) is 8.29. The molecule has 1 heterocycles. The molecule has 1 fully saturated rings. The van der Waals surface area contributed by atoms with Gasteiger partial charge in [0, 0.05) is 18.3 Å². The fourth-order valence-corrected chi connectivity index (χ4v) is 1.08. The third kappa shape index (κ3) is 2.76. The van der Waals surface area contributed by atoms with Crippen LogP contribution in [0.4, 0.5) is 0 Å². The summed E-state index contributed by atoms with van der Waals surface area (Å²) in [6, 6.07) is -0.208. The van der Waals surface area contributed by atoms with Gasteiger partial charge in [-0.3, -0.25) is 4.79 Å². The molecule has 1 amide bonds. The average molecular weight is 198 g/mol. The van der Waals surface area contributed by atoms with Gasteiger partial charge in [-0.15, -0.1) is 0 Å². The first kappa shape index (κ1) is 10.6. The lowest BCUT2D eigenvalue weighted by molar-refractivity contribution is -0.137. The Morgan fingerprint density at radius 3 is 2.93 bits per heavy atom. The van der Waals surface area contributed by atoms with E-state index in [4.69, 9.17) is 4.74 Å². The second kappa shape index (κ2) is 4.64. The van der Waals surface area contributed by atoms with Crippen molar-refractivity contribution in [3.05, 3.63) is 11.8 Å². The number of ether oxygens (including phenoxy) is 1. The predicted octanol–water partition coefficient (Wildman–Crippen LogP) is -0.459. The highest BCUT2D eigenvalue weighted by Gasteiger charge is 2.26. The molecule has 0 aliphatic carbocycles. The molecule has 1 unspecified atom stereocenters. The van der Waals surface area contributed by atoms with Gasteiger partial charge in [-0.05, 0) is 13.8 Å². The van der Waals surface area contributed by atoms with E-state index in [1.165, 1.54) is 6.08 Å². The molecule has 0 aromatic heterocycles. The molecule has 2 N–H and O–H groups in total. The van der Waals surface area contributed by atoms with E-state index in [1.807, 2.05) is 0 Å². The summed E-state index contributed by atoms with van der Waals surface area (Å²) in [6.07, 6.45) is 1.34. The lowest BCUT2D eigenvalue weighted by Crippen LogP contribution is -2.60. The smallest absolute Gasteiger partial charge is 0.332 e. The van der Waals surface area contributed by atoms with Crippen molar-refractivity contribution in [3.63, 3.8) is 0 Å². The van der Waals surface area contributed by atoms with Crippen LogP contribution in [0.15, 0.2) is 11.8 Å². The number of β-lactam (4-membered cyclic amide) rings is 1. The minimum absolute atomic E-state index is 0.0402. The quantitative estimate of drug-likeness (QED) is 0.364. The third-order valence-corrected chi connectivity index (χ3v) is 1.82. The molecule has 1 saturated heterocycles. The summed E-state index contributed by atoms with van der Waals surface area (Å²) in [5.74, 6) is -0.432. The first-order valence-corrected chi connectivity index (χ1v) is 4.52. The number of rotatable bonds is 4. The molecular formula is C9H14N2O3. The maximum atomic E-state index is 11.0. The molecule has 0 bridgehead atoms. The van der Waals surface area contributed by atoms with Gasteiger partial charge in [-0.1, -0.05) is 0 Å². The fourth-order valence-electron chi connectivity index (χ4n) is 1.08. The summed E-state index contributed by atoms with van der Waals surface area (Å²) in [5.41, 5.74) is 0.642. The minimum Gasteiger partial charge on any atom is -0.463 e. The van der Waals surface area contributed by atoms with Crippen molar-refractivity contribution in [2.24, 2.45) is 0 Å². The second-order valence-corrected chi connectivity index (χ2v) is 3.02. The summed E-state index contributed by atoms with van der Waals surface area (Å²) >= 11 is 0. The molecule has 1 rings (SSSR count). The van der Waals surface area contributed by atoms with Crippen LogP contribution in [0.2, 0.25) is 0 Å². The Hall–Kier alpha value is -1.52. The molecule has 5 heteroatoms. The summed E-state index contributed by atoms with van der Waals surface area (Å²) in [4.78, 5) is 21.8. The Morgan fingerprint density at radius 2 is 2.50 bits per heavy atom. The highest BCUT2D eigenvalue weighted by molar-refractivity contribution is 5.88. The van der Waals surface area contributed by atoms with Gasteiger partial charge in [-0.2, -0.15) is 0 Å². The van der Waals surface area contributed by atoms with E-state index >= 15 is 0 Å². The molecule has 0 radical (unpaired) electrons. The largest absolute Gasteiger partial charge is 0.463 e. The van der Waals surface area contributed by atoms with Gasteiger partial charge in [0.05, 0.1) is 6.61 Å². The number of amides is 1. The van der Waals surface area contributed by atoms with E-state index in [0.29, 0.717) is 18.8 Å². The molecule has 78 valence electrons. The van der Waals surface area contributed by atoms with Crippen LogP contribution < -0.4 is 10.6 Å². The molecule has 0 spiro atoms. The molecule has 14 heavy (non-hydrogen) atoms. The van der Waals surface area contributed by atoms with Crippen molar-refractivity contribution in [1.82, 2.24) is 10.6 Å². The Bertz CT molecular complexity index is 273. The van der Waals surface area contributed by atoms with Crippen molar-refractivity contribution in [2.75, 3.05) is 13.2 Å². The molecule has 0 aromatic carbocycles. The van der Waals surface area contributed by atoms with Crippen LogP contribution in [0.3, 0.4) is 0 Å². The highest BCUT2D eigenvalue weighted by Crippen LogP contribution is 1.98. The number of carbonyl (C=O) groups is 2. The van der Waals surface area contributed by atoms with Crippen molar-refractivity contribution >= 4 is 11.9 Å². The van der Waals surface area contributed by atoms with Gasteiger partial charge in [0.25, 0.3) is 0 Å². The fraction of sp³-hybridized carbons (Fsp3) is 0.556. The maximum absolute atomic E-state index is 11.0. The first-order valence-electron chi connectivity index (χ1n) is 4.52. The van der Waals surface area contributed by atoms with Gasteiger partial charge in [-0.25, -0.2) is 4.79 Å². The van der Waals surface area contributed by atoms with E-state index in [1.54, 1.807) is 13.8 Å². The van der Waals surface area contributed by atoms with Crippen molar-refractivity contribution in [3.8, 4) is 0 Å². The normalized spacial score (nSPS) is 20.9. The molecule has 0 saturated carbocycles. The molecule has 1 aliphatic rings. The lowest BCUT2D eigenvalue weighted by atomic mass is 10.1.